The summed E-state index contributed by atoms with van der Waals surface area (Å²) < 4.78 is 0. The first kappa shape index (κ1) is 19.2. The van der Waals surface area contributed by atoms with Gasteiger partial charge in [0.2, 0.25) is 0 Å². The molecule has 4 bridgehead atoms. The normalized spacial score (nSPS) is 33.7. The van der Waals surface area contributed by atoms with Gasteiger partial charge in [-0.25, -0.2) is 0 Å². The Hall–Kier alpha value is -0.600. The minimum Gasteiger partial charge on any atom is -0.315 e. The predicted octanol–water partition coefficient (Wildman–Crippen LogP) is 5.07. The highest BCUT2D eigenvalue weighted by molar-refractivity contribution is 5.03. The summed E-state index contributed by atoms with van der Waals surface area (Å²) in [5, 5.41) is 7.54. The van der Waals surface area contributed by atoms with E-state index < -0.39 is 0 Å². The monoisotopic (exact) mass is 344 g/mol. The highest BCUT2D eigenvalue weighted by Gasteiger charge is 2.47. The highest BCUT2D eigenvalue weighted by atomic mass is 15.0. The molecule has 0 aromatic rings. The van der Waals surface area contributed by atoms with E-state index in [0.717, 1.165) is 49.3 Å². The second-order valence-electron chi connectivity index (χ2n) is 9.32. The van der Waals surface area contributed by atoms with Crippen molar-refractivity contribution in [2.24, 2.45) is 23.7 Å². The van der Waals surface area contributed by atoms with Gasteiger partial charge in [0.05, 0.1) is 0 Å². The molecule has 142 valence electrons. The Morgan fingerprint density at radius 2 is 1.48 bits per heavy atom. The van der Waals surface area contributed by atoms with Gasteiger partial charge in [-0.15, -0.1) is 0 Å². The molecule has 2 N–H and O–H groups in total. The van der Waals surface area contributed by atoms with Crippen LogP contribution in [-0.2, 0) is 0 Å². The number of hydrogen-bond acceptors (Lipinski definition) is 2. The summed E-state index contributed by atoms with van der Waals surface area (Å²) in [6, 6.07) is 0.840. The molecule has 4 fully saturated rings. The Balaban J connectivity index is 1.23. The molecule has 2 heteroatoms. The molecule has 2 nitrogen and oxygen atoms in total. The Kier molecular flexibility index (Phi) is 7.18. The van der Waals surface area contributed by atoms with Crippen LogP contribution in [0.1, 0.15) is 72.1 Å². The van der Waals surface area contributed by atoms with Gasteiger partial charge in [0.25, 0.3) is 0 Å². The minimum atomic E-state index is 0.840. The molecule has 4 aliphatic carbocycles. The zero-order valence-corrected chi connectivity index (χ0v) is 16.8. The number of hydrogen-bond donors (Lipinski definition) is 2. The topological polar surface area (TPSA) is 24.1 Å². The number of rotatable bonds is 10. The molecule has 0 radical (unpaired) electrons. The zero-order valence-electron chi connectivity index (χ0n) is 16.8. The fourth-order valence-electron chi connectivity index (χ4n) is 5.82. The van der Waals surface area contributed by atoms with Crippen LogP contribution in [0.4, 0.5) is 0 Å². The summed E-state index contributed by atoms with van der Waals surface area (Å²) in [6.45, 7) is 10.0. The molecule has 0 heterocycles. The van der Waals surface area contributed by atoms with E-state index >= 15 is 0 Å². The summed E-state index contributed by atoms with van der Waals surface area (Å²) >= 11 is 0. The van der Waals surface area contributed by atoms with Crippen LogP contribution in [0.5, 0.6) is 0 Å². The number of allylic oxidation sites excluding steroid dienone is 3. The molecular weight excluding hydrogens is 304 g/mol. The van der Waals surface area contributed by atoms with E-state index in [1.807, 2.05) is 0 Å². The first-order chi connectivity index (χ1) is 12.1. The van der Waals surface area contributed by atoms with Gasteiger partial charge in [0, 0.05) is 19.1 Å². The molecule has 0 spiro atoms. The van der Waals surface area contributed by atoms with Gasteiger partial charge in [-0.3, -0.25) is 0 Å². The molecule has 4 saturated carbocycles. The largest absolute Gasteiger partial charge is 0.315 e. The molecule has 0 amide bonds. The number of nitrogens with one attached hydrogen (secondary N) is 2. The quantitative estimate of drug-likeness (QED) is 0.427. The van der Waals surface area contributed by atoms with Gasteiger partial charge in [-0.1, -0.05) is 23.3 Å². The van der Waals surface area contributed by atoms with Crippen molar-refractivity contribution in [2.75, 3.05) is 19.6 Å². The SMILES string of the molecule is CC(C)=CCC/C(C)=C/CCNCCNC1C2CC3CC(C2)CC1C3. The average molecular weight is 345 g/mol. The Morgan fingerprint density at radius 1 is 0.800 bits per heavy atom. The van der Waals surface area contributed by atoms with Crippen LogP contribution in [0.25, 0.3) is 0 Å². The van der Waals surface area contributed by atoms with Gasteiger partial charge in [-0.05, 0) is 102 Å². The van der Waals surface area contributed by atoms with Crippen LogP contribution in [0.15, 0.2) is 23.3 Å². The van der Waals surface area contributed by atoms with Crippen LogP contribution in [-0.4, -0.2) is 25.7 Å². The second-order valence-corrected chi connectivity index (χ2v) is 9.32. The summed E-state index contributed by atoms with van der Waals surface area (Å²) in [7, 11) is 0. The fraction of sp³-hybridized carbons (Fsp3) is 0.826. The van der Waals surface area contributed by atoms with Crippen molar-refractivity contribution in [1.29, 1.82) is 0 Å². The highest BCUT2D eigenvalue weighted by Crippen LogP contribution is 2.53. The summed E-state index contributed by atoms with van der Waals surface area (Å²) in [5.41, 5.74) is 2.96. The molecule has 0 atom stereocenters. The minimum absolute atomic E-state index is 0.840. The van der Waals surface area contributed by atoms with E-state index in [0.29, 0.717) is 0 Å². The van der Waals surface area contributed by atoms with Gasteiger partial charge in [0.1, 0.15) is 0 Å². The van der Waals surface area contributed by atoms with E-state index in [1.165, 1.54) is 56.1 Å². The lowest BCUT2D eigenvalue weighted by atomic mass is 9.54. The summed E-state index contributed by atoms with van der Waals surface area (Å²) in [4.78, 5) is 0. The van der Waals surface area contributed by atoms with Crippen molar-refractivity contribution in [2.45, 2.75) is 78.2 Å². The van der Waals surface area contributed by atoms with Crippen molar-refractivity contribution in [3.63, 3.8) is 0 Å². The third-order valence-corrected chi connectivity index (χ3v) is 6.81. The summed E-state index contributed by atoms with van der Waals surface area (Å²) in [5.74, 6) is 4.18. The van der Waals surface area contributed by atoms with E-state index in [2.05, 4.69) is 43.6 Å². The standard InChI is InChI=1S/C23H40N2/c1-17(2)6-4-7-18(3)8-5-9-24-10-11-25-23-21-13-19-12-20(15-21)16-22(23)14-19/h6,8,19-25H,4-5,7,9-16H2,1-3H3/b18-8+. The first-order valence-electron chi connectivity index (χ1n) is 10.8. The van der Waals surface area contributed by atoms with Crippen molar-refractivity contribution in [3.8, 4) is 0 Å². The van der Waals surface area contributed by atoms with Crippen LogP contribution in [0.3, 0.4) is 0 Å². The van der Waals surface area contributed by atoms with Crippen molar-refractivity contribution < 1.29 is 0 Å². The lowest BCUT2D eigenvalue weighted by Crippen LogP contribution is -2.55. The Labute approximate surface area is 155 Å². The van der Waals surface area contributed by atoms with E-state index in [1.54, 1.807) is 6.42 Å². The van der Waals surface area contributed by atoms with E-state index in [9.17, 15) is 0 Å². The first-order valence-corrected chi connectivity index (χ1v) is 10.8. The molecule has 0 aliphatic heterocycles. The molecular formula is C23H40N2. The molecule has 0 unspecified atom stereocenters. The van der Waals surface area contributed by atoms with Gasteiger partial charge in [-0.2, -0.15) is 0 Å². The maximum atomic E-state index is 3.92. The Bertz CT molecular complexity index is 444. The maximum Gasteiger partial charge on any atom is 0.0124 e. The summed E-state index contributed by atoms with van der Waals surface area (Å²) in [6.07, 6.45) is 16.0. The molecule has 4 rings (SSSR count). The zero-order chi connectivity index (χ0) is 17.6. The molecule has 0 aromatic carbocycles. The lowest BCUT2D eigenvalue weighted by molar-refractivity contribution is -0.0133. The third-order valence-electron chi connectivity index (χ3n) is 6.81. The van der Waals surface area contributed by atoms with E-state index in [4.69, 9.17) is 0 Å². The molecule has 0 aromatic heterocycles. The van der Waals surface area contributed by atoms with Crippen LogP contribution in [0.2, 0.25) is 0 Å². The van der Waals surface area contributed by atoms with Crippen molar-refractivity contribution in [3.05, 3.63) is 23.3 Å². The lowest BCUT2D eigenvalue weighted by Gasteiger charge is -2.54. The Morgan fingerprint density at radius 3 is 2.12 bits per heavy atom. The third kappa shape index (κ3) is 5.69. The smallest absolute Gasteiger partial charge is 0.0124 e. The molecule has 0 saturated heterocycles. The van der Waals surface area contributed by atoms with Crippen molar-refractivity contribution in [1.82, 2.24) is 10.6 Å². The van der Waals surface area contributed by atoms with Crippen LogP contribution >= 0.6 is 0 Å². The van der Waals surface area contributed by atoms with Crippen molar-refractivity contribution >= 4 is 0 Å². The van der Waals surface area contributed by atoms with Gasteiger partial charge in [0.15, 0.2) is 0 Å². The van der Waals surface area contributed by atoms with Crippen LogP contribution < -0.4 is 10.6 Å². The fourth-order valence-corrected chi connectivity index (χ4v) is 5.82. The second kappa shape index (κ2) is 9.37. The predicted molar refractivity (Wildman–Crippen MR) is 109 cm³/mol. The van der Waals surface area contributed by atoms with Crippen LogP contribution in [0, 0.1) is 23.7 Å². The van der Waals surface area contributed by atoms with Gasteiger partial charge < -0.3 is 10.6 Å². The van der Waals surface area contributed by atoms with Gasteiger partial charge >= 0.3 is 0 Å². The maximum absolute atomic E-state index is 3.92. The van der Waals surface area contributed by atoms with E-state index in [-0.39, 0.29) is 0 Å². The molecule has 25 heavy (non-hydrogen) atoms. The average Bonchev–Trinajstić information content (AvgIpc) is 2.55. The molecule has 4 aliphatic rings.